The molecule has 0 saturated carbocycles. The molecule has 0 aliphatic carbocycles. The summed E-state index contributed by atoms with van der Waals surface area (Å²) in [4.78, 5) is 32.4. The summed E-state index contributed by atoms with van der Waals surface area (Å²) in [6.07, 6.45) is 1.18. The molecule has 156 valence electrons. The molecule has 0 atom stereocenters. The Hall–Kier alpha value is -3.93. The quantitative estimate of drug-likeness (QED) is 0.414. The molecule has 6 nitrogen and oxygen atoms in total. The van der Waals surface area contributed by atoms with E-state index in [4.69, 9.17) is 4.74 Å². The second kappa shape index (κ2) is 8.07. The number of para-hydroxylation sites is 1. The molecule has 6 heteroatoms. The first-order valence-corrected chi connectivity index (χ1v) is 9.98. The van der Waals surface area contributed by atoms with Crippen LogP contribution in [0.3, 0.4) is 0 Å². The van der Waals surface area contributed by atoms with E-state index in [-0.39, 0.29) is 5.78 Å². The average molecular weight is 413 g/mol. The van der Waals surface area contributed by atoms with Gasteiger partial charge in [0.1, 0.15) is 11.3 Å². The maximum Gasteiger partial charge on any atom is 0.412 e. The molecule has 0 saturated heterocycles. The lowest BCUT2D eigenvalue weighted by molar-refractivity contribution is 0.0635. The van der Waals surface area contributed by atoms with E-state index in [2.05, 4.69) is 15.3 Å². The van der Waals surface area contributed by atoms with Crippen LogP contribution in [0.15, 0.2) is 72.9 Å². The van der Waals surface area contributed by atoms with Crippen LogP contribution in [0, 0.1) is 0 Å². The van der Waals surface area contributed by atoms with Crippen LogP contribution >= 0.6 is 0 Å². The van der Waals surface area contributed by atoms with Crippen molar-refractivity contribution in [1.82, 2.24) is 9.97 Å². The minimum absolute atomic E-state index is 0.142. The number of benzene rings is 2. The van der Waals surface area contributed by atoms with Crippen LogP contribution in [0.1, 0.15) is 36.8 Å². The molecule has 1 amide bonds. The van der Waals surface area contributed by atoms with E-state index in [1.807, 2.05) is 63.2 Å². The van der Waals surface area contributed by atoms with Crippen molar-refractivity contribution in [3.8, 4) is 11.3 Å². The van der Waals surface area contributed by atoms with E-state index < -0.39 is 11.7 Å². The van der Waals surface area contributed by atoms with Gasteiger partial charge in [-0.25, -0.2) is 9.78 Å². The average Bonchev–Trinajstić information content (AvgIpc) is 3.22. The number of carbonyl (C=O) groups is 2. The van der Waals surface area contributed by atoms with Crippen LogP contribution in [0.25, 0.3) is 22.2 Å². The molecule has 0 radical (unpaired) electrons. The lowest BCUT2D eigenvalue weighted by Crippen LogP contribution is -2.27. The predicted octanol–water partition coefficient (Wildman–Crippen LogP) is 5.81. The van der Waals surface area contributed by atoms with Gasteiger partial charge in [0.15, 0.2) is 0 Å². The number of nitrogens with zero attached hydrogens (tertiary/aromatic N) is 1. The van der Waals surface area contributed by atoms with Crippen molar-refractivity contribution in [1.29, 1.82) is 0 Å². The molecule has 0 aliphatic heterocycles. The lowest BCUT2D eigenvalue weighted by atomic mass is 10.1. The number of hydrogen-bond donors (Lipinski definition) is 2. The number of nitrogens with one attached hydrogen (secondary N) is 2. The van der Waals surface area contributed by atoms with Crippen molar-refractivity contribution in [3.63, 3.8) is 0 Å². The molecule has 0 spiro atoms. The monoisotopic (exact) mass is 413 g/mol. The molecule has 2 N–H and O–H groups in total. The molecule has 31 heavy (non-hydrogen) atoms. The van der Waals surface area contributed by atoms with Crippen molar-refractivity contribution in [2.75, 3.05) is 5.32 Å². The van der Waals surface area contributed by atoms with Crippen molar-refractivity contribution >= 4 is 28.5 Å². The number of aromatic nitrogens is 2. The topological polar surface area (TPSA) is 84.1 Å². The summed E-state index contributed by atoms with van der Waals surface area (Å²) in [5.74, 6) is -0.142. The molecule has 2 heterocycles. The van der Waals surface area contributed by atoms with Crippen molar-refractivity contribution < 1.29 is 14.3 Å². The third kappa shape index (κ3) is 4.80. The minimum atomic E-state index is -0.558. The second-order valence-corrected chi connectivity index (χ2v) is 8.22. The molecular formula is C25H23N3O3. The number of H-pyrrole nitrogens is 1. The van der Waals surface area contributed by atoms with Gasteiger partial charge in [0.05, 0.1) is 5.52 Å². The van der Waals surface area contributed by atoms with Gasteiger partial charge in [0, 0.05) is 28.5 Å². The standard InChI is InChI=1S/C25H23N3O3/c1-25(2,3)31-24(30)27-19-11-8-17(9-12-19)22-14-18(15-26-22)23(29)21-13-10-16-6-4-5-7-20(16)28-21/h4-15,26H,1-3H3,(H,27,30). The van der Waals surface area contributed by atoms with E-state index in [1.54, 1.807) is 30.5 Å². The Labute approximate surface area is 180 Å². The highest BCUT2D eigenvalue weighted by Crippen LogP contribution is 2.23. The Morgan fingerprint density at radius 2 is 1.71 bits per heavy atom. The largest absolute Gasteiger partial charge is 0.444 e. The SMILES string of the molecule is CC(C)(C)OC(=O)Nc1ccc(-c2cc(C(=O)c3ccc4ccccc4n3)c[nH]2)cc1. The third-order valence-electron chi connectivity index (χ3n) is 4.62. The van der Waals surface area contributed by atoms with Crippen molar-refractivity contribution in [3.05, 3.63) is 84.2 Å². The number of aromatic amines is 1. The molecule has 4 aromatic rings. The molecule has 0 fully saturated rings. The first kappa shape index (κ1) is 20.3. The van der Waals surface area contributed by atoms with Gasteiger partial charge in [0.25, 0.3) is 0 Å². The van der Waals surface area contributed by atoms with Crippen LogP contribution in [-0.4, -0.2) is 27.4 Å². The fourth-order valence-electron chi connectivity index (χ4n) is 3.19. The van der Waals surface area contributed by atoms with E-state index in [9.17, 15) is 9.59 Å². The van der Waals surface area contributed by atoms with E-state index in [0.717, 1.165) is 22.2 Å². The van der Waals surface area contributed by atoms with E-state index in [0.29, 0.717) is 16.9 Å². The predicted molar refractivity (Wildman–Crippen MR) is 121 cm³/mol. The number of pyridine rings is 1. The molecule has 0 unspecified atom stereocenters. The summed E-state index contributed by atoms with van der Waals surface area (Å²) in [7, 11) is 0. The van der Waals surface area contributed by atoms with Gasteiger partial charge in [-0.2, -0.15) is 0 Å². The molecule has 2 aromatic heterocycles. The number of rotatable bonds is 4. The minimum Gasteiger partial charge on any atom is -0.444 e. The van der Waals surface area contributed by atoms with Crippen molar-refractivity contribution in [2.45, 2.75) is 26.4 Å². The number of ether oxygens (including phenoxy) is 1. The van der Waals surface area contributed by atoms with Crippen LogP contribution in [-0.2, 0) is 4.74 Å². The number of ketones is 1. The number of carbonyl (C=O) groups excluding carboxylic acids is 2. The zero-order chi connectivity index (χ0) is 22.0. The van der Waals surface area contributed by atoms with Gasteiger partial charge < -0.3 is 9.72 Å². The normalized spacial score (nSPS) is 11.3. The summed E-state index contributed by atoms with van der Waals surface area (Å²) in [6, 6.07) is 20.4. The van der Waals surface area contributed by atoms with Gasteiger partial charge in [-0.3, -0.25) is 10.1 Å². The Morgan fingerprint density at radius 1 is 0.968 bits per heavy atom. The van der Waals surface area contributed by atoms with Crippen molar-refractivity contribution in [2.24, 2.45) is 0 Å². The summed E-state index contributed by atoms with van der Waals surface area (Å²) in [6.45, 7) is 5.44. The number of fused-ring (bicyclic) bond motifs is 1. The Morgan fingerprint density at radius 3 is 2.45 bits per heavy atom. The lowest BCUT2D eigenvalue weighted by Gasteiger charge is -2.19. The maximum atomic E-state index is 12.9. The van der Waals surface area contributed by atoms with Crippen LogP contribution < -0.4 is 5.32 Å². The van der Waals surface area contributed by atoms with E-state index >= 15 is 0 Å². The third-order valence-corrected chi connectivity index (χ3v) is 4.62. The maximum absolute atomic E-state index is 12.9. The molecule has 2 aromatic carbocycles. The highest BCUT2D eigenvalue weighted by atomic mass is 16.6. The highest BCUT2D eigenvalue weighted by Gasteiger charge is 2.17. The van der Waals surface area contributed by atoms with Crippen LogP contribution in [0.5, 0.6) is 0 Å². The van der Waals surface area contributed by atoms with Gasteiger partial charge in [-0.1, -0.05) is 36.4 Å². The Balaban J connectivity index is 1.49. The highest BCUT2D eigenvalue weighted by molar-refractivity contribution is 6.09. The molecule has 0 aliphatic rings. The van der Waals surface area contributed by atoms with Gasteiger partial charge in [-0.15, -0.1) is 0 Å². The molecular weight excluding hydrogens is 390 g/mol. The van der Waals surface area contributed by atoms with Gasteiger partial charge >= 0.3 is 6.09 Å². The zero-order valence-corrected chi connectivity index (χ0v) is 17.6. The summed E-state index contributed by atoms with van der Waals surface area (Å²) < 4.78 is 5.26. The van der Waals surface area contributed by atoms with Gasteiger partial charge in [0.2, 0.25) is 5.78 Å². The summed E-state index contributed by atoms with van der Waals surface area (Å²) in [5.41, 5.74) is 3.48. The first-order valence-electron chi connectivity index (χ1n) is 9.98. The Bertz CT molecular complexity index is 1250. The van der Waals surface area contributed by atoms with Crippen LogP contribution in [0.4, 0.5) is 10.5 Å². The fraction of sp³-hybridized carbons (Fsp3) is 0.160. The Kier molecular flexibility index (Phi) is 5.29. The number of amides is 1. The molecule has 0 bridgehead atoms. The number of anilines is 1. The zero-order valence-electron chi connectivity index (χ0n) is 17.6. The first-order chi connectivity index (χ1) is 14.8. The second-order valence-electron chi connectivity index (χ2n) is 8.22. The molecule has 4 rings (SSSR count). The summed E-state index contributed by atoms with van der Waals surface area (Å²) >= 11 is 0. The van der Waals surface area contributed by atoms with Crippen LogP contribution in [0.2, 0.25) is 0 Å². The summed E-state index contributed by atoms with van der Waals surface area (Å²) in [5, 5.41) is 3.70. The van der Waals surface area contributed by atoms with E-state index in [1.165, 1.54) is 0 Å². The van der Waals surface area contributed by atoms with Gasteiger partial charge in [-0.05, 0) is 56.7 Å². The smallest absolute Gasteiger partial charge is 0.412 e. The fourth-order valence-corrected chi connectivity index (χ4v) is 3.19. The number of hydrogen-bond acceptors (Lipinski definition) is 4.